The van der Waals surface area contributed by atoms with E-state index in [4.69, 9.17) is 4.74 Å². The minimum absolute atomic E-state index is 0.0219. The fourth-order valence-electron chi connectivity index (χ4n) is 3.46. The molecule has 4 atom stereocenters. The number of hydrogen-bond acceptors (Lipinski definition) is 3. The molecule has 0 aromatic heterocycles. The van der Waals surface area contributed by atoms with Gasteiger partial charge in [-0.1, -0.05) is 30.3 Å². The van der Waals surface area contributed by atoms with Crippen LogP contribution in [0.5, 0.6) is 0 Å². The number of nitrogens with zero attached hydrogens (tertiary/aromatic N) is 1. The van der Waals surface area contributed by atoms with Gasteiger partial charge in [0.1, 0.15) is 6.61 Å². The zero-order valence-electron chi connectivity index (χ0n) is 13.0. The third-order valence-electron chi connectivity index (χ3n) is 4.62. The van der Waals surface area contributed by atoms with Gasteiger partial charge in [0.05, 0.1) is 6.04 Å². The van der Waals surface area contributed by atoms with Crippen LogP contribution in [-0.4, -0.2) is 41.5 Å². The molecule has 2 heterocycles. The number of carbonyl (C=O) groups excluding carboxylic acids is 2. The Labute approximate surface area is 130 Å². The monoisotopic (exact) mass is 302 g/mol. The van der Waals surface area contributed by atoms with Crippen molar-refractivity contribution in [3.63, 3.8) is 0 Å². The molecule has 118 valence electrons. The minimum atomic E-state index is -0.650. The van der Waals surface area contributed by atoms with E-state index in [0.29, 0.717) is 0 Å². The van der Waals surface area contributed by atoms with Crippen LogP contribution >= 0.6 is 0 Å². The largest absolute Gasteiger partial charge is 0.356 e. The van der Waals surface area contributed by atoms with E-state index >= 15 is 0 Å². The van der Waals surface area contributed by atoms with Crippen molar-refractivity contribution >= 4 is 11.8 Å². The van der Waals surface area contributed by atoms with Crippen LogP contribution in [0.1, 0.15) is 38.3 Å². The first-order chi connectivity index (χ1) is 10.6. The SMILES string of the molecule is C[C@@H]1CC[C@H](C)N1C(=O)[C@H]1OCC(=O)N[C@@H]1c1ccccc1. The van der Waals surface area contributed by atoms with Crippen LogP contribution in [0, 0.1) is 0 Å². The number of carbonyl (C=O) groups is 2. The summed E-state index contributed by atoms with van der Waals surface area (Å²) in [5.74, 6) is -0.202. The Morgan fingerprint density at radius 2 is 1.82 bits per heavy atom. The average Bonchev–Trinajstić information content (AvgIpc) is 2.86. The van der Waals surface area contributed by atoms with E-state index in [0.717, 1.165) is 18.4 Å². The van der Waals surface area contributed by atoms with Gasteiger partial charge in [0, 0.05) is 12.1 Å². The molecule has 0 aliphatic carbocycles. The fraction of sp³-hybridized carbons (Fsp3) is 0.529. The molecule has 1 aromatic rings. The maximum atomic E-state index is 13.0. The standard InChI is InChI=1S/C17H22N2O3/c1-11-8-9-12(2)19(11)17(21)16-15(18-14(20)10-22-16)13-6-4-3-5-7-13/h3-7,11-12,15-16H,8-10H2,1-2H3,(H,18,20)/t11-,12+,15-,16+/m1/s1. The number of amides is 2. The number of nitrogens with one attached hydrogen (secondary N) is 1. The van der Waals surface area contributed by atoms with Crippen LogP contribution in [0.15, 0.2) is 30.3 Å². The molecule has 2 aliphatic heterocycles. The summed E-state index contributed by atoms with van der Waals surface area (Å²) in [5, 5.41) is 2.91. The van der Waals surface area contributed by atoms with Gasteiger partial charge in [-0.3, -0.25) is 9.59 Å². The summed E-state index contributed by atoms with van der Waals surface area (Å²) in [5.41, 5.74) is 0.897. The predicted molar refractivity (Wildman–Crippen MR) is 82.1 cm³/mol. The molecule has 1 aromatic carbocycles. The Bertz CT molecular complexity index is 550. The first kappa shape index (κ1) is 15.0. The Hall–Kier alpha value is -1.88. The highest BCUT2D eigenvalue weighted by molar-refractivity contribution is 5.87. The first-order valence-corrected chi connectivity index (χ1v) is 7.86. The summed E-state index contributed by atoms with van der Waals surface area (Å²) in [6.45, 7) is 4.08. The Morgan fingerprint density at radius 1 is 1.18 bits per heavy atom. The molecular weight excluding hydrogens is 280 g/mol. The lowest BCUT2D eigenvalue weighted by Gasteiger charge is -2.36. The molecule has 22 heavy (non-hydrogen) atoms. The van der Waals surface area contributed by atoms with Crippen molar-refractivity contribution in [1.82, 2.24) is 10.2 Å². The molecule has 3 rings (SSSR count). The molecule has 2 saturated heterocycles. The molecule has 0 unspecified atom stereocenters. The lowest BCUT2D eigenvalue weighted by Crippen LogP contribution is -2.55. The molecule has 2 amide bonds. The summed E-state index contributed by atoms with van der Waals surface area (Å²) in [6, 6.07) is 9.57. The Morgan fingerprint density at radius 3 is 2.45 bits per heavy atom. The summed E-state index contributed by atoms with van der Waals surface area (Å²) in [7, 11) is 0. The lowest BCUT2D eigenvalue weighted by molar-refractivity contribution is -0.157. The third-order valence-corrected chi connectivity index (χ3v) is 4.62. The van der Waals surface area contributed by atoms with E-state index in [2.05, 4.69) is 19.2 Å². The minimum Gasteiger partial charge on any atom is -0.356 e. The van der Waals surface area contributed by atoms with Gasteiger partial charge in [-0.2, -0.15) is 0 Å². The van der Waals surface area contributed by atoms with E-state index in [1.807, 2.05) is 35.2 Å². The Balaban J connectivity index is 1.86. The predicted octanol–water partition coefficient (Wildman–Crippen LogP) is 1.64. The Kier molecular flexibility index (Phi) is 4.16. The highest BCUT2D eigenvalue weighted by Crippen LogP contribution is 2.29. The van der Waals surface area contributed by atoms with Crippen LogP contribution in [-0.2, 0) is 14.3 Å². The van der Waals surface area contributed by atoms with Gasteiger partial charge >= 0.3 is 0 Å². The number of likely N-dealkylation sites (tertiary alicyclic amines) is 1. The molecule has 0 spiro atoms. The maximum absolute atomic E-state index is 13.0. The fourth-order valence-corrected chi connectivity index (χ4v) is 3.46. The molecule has 5 heteroatoms. The second-order valence-electron chi connectivity index (χ2n) is 6.21. The van der Waals surface area contributed by atoms with Gasteiger partial charge in [-0.25, -0.2) is 0 Å². The van der Waals surface area contributed by atoms with Crippen molar-refractivity contribution in [2.24, 2.45) is 0 Å². The van der Waals surface area contributed by atoms with E-state index in [1.54, 1.807) is 0 Å². The number of rotatable bonds is 2. The maximum Gasteiger partial charge on any atom is 0.254 e. The van der Waals surface area contributed by atoms with Crippen molar-refractivity contribution in [2.75, 3.05) is 6.61 Å². The molecule has 5 nitrogen and oxygen atoms in total. The number of morpholine rings is 1. The quantitative estimate of drug-likeness (QED) is 0.903. The number of hydrogen-bond donors (Lipinski definition) is 1. The van der Waals surface area contributed by atoms with Crippen LogP contribution in [0.2, 0.25) is 0 Å². The van der Waals surface area contributed by atoms with Gasteiger partial charge in [-0.05, 0) is 32.3 Å². The second-order valence-corrected chi connectivity index (χ2v) is 6.21. The average molecular weight is 302 g/mol. The van der Waals surface area contributed by atoms with Crippen molar-refractivity contribution in [1.29, 1.82) is 0 Å². The summed E-state index contributed by atoms with van der Waals surface area (Å²) >= 11 is 0. The number of ether oxygens (including phenoxy) is 1. The van der Waals surface area contributed by atoms with Crippen LogP contribution in [0.25, 0.3) is 0 Å². The third kappa shape index (κ3) is 2.73. The van der Waals surface area contributed by atoms with E-state index in [-0.39, 0.29) is 30.5 Å². The van der Waals surface area contributed by atoms with E-state index in [1.165, 1.54) is 0 Å². The zero-order valence-corrected chi connectivity index (χ0v) is 13.0. The van der Waals surface area contributed by atoms with Crippen LogP contribution in [0.3, 0.4) is 0 Å². The lowest BCUT2D eigenvalue weighted by atomic mass is 9.98. The molecule has 0 radical (unpaired) electrons. The van der Waals surface area contributed by atoms with Gasteiger partial charge in [0.2, 0.25) is 5.91 Å². The molecule has 2 fully saturated rings. The number of benzene rings is 1. The van der Waals surface area contributed by atoms with Gasteiger partial charge < -0.3 is 15.0 Å². The van der Waals surface area contributed by atoms with Gasteiger partial charge in [0.25, 0.3) is 5.91 Å². The molecule has 2 aliphatic rings. The van der Waals surface area contributed by atoms with Gasteiger partial charge in [-0.15, -0.1) is 0 Å². The van der Waals surface area contributed by atoms with Crippen molar-refractivity contribution in [3.8, 4) is 0 Å². The molecular formula is C17H22N2O3. The summed E-state index contributed by atoms with van der Waals surface area (Å²) < 4.78 is 5.62. The van der Waals surface area contributed by atoms with Gasteiger partial charge in [0.15, 0.2) is 6.10 Å². The summed E-state index contributed by atoms with van der Waals surface area (Å²) in [4.78, 5) is 26.6. The van der Waals surface area contributed by atoms with Crippen molar-refractivity contribution < 1.29 is 14.3 Å². The topological polar surface area (TPSA) is 58.6 Å². The molecule has 1 N–H and O–H groups in total. The summed E-state index contributed by atoms with van der Waals surface area (Å²) in [6.07, 6.45) is 1.38. The van der Waals surface area contributed by atoms with E-state index in [9.17, 15) is 9.59 Å². The normalized spacial score (nSPS) is 31.9. The van der Waals surface area contributed by atoms with Crippen molar-refractivity contribution in [3.05, 3.63) is 35.9 Å². The molecule has 0 bridgehead atoms. The first-order valence-electron chi connectivity index (χ1n) is 7.86. The second kappa shape index (κ2) is 6.08. The highest BCUT2D eigenvalue weighted by Gasteiger charge is 2.42. The van der Waals surface area contributed by atoms with Crippen molar-refractivity contribution in [2.45, 2.75) is 50.9 Å². The molecule has 0 saturated carbocycles. The zero-order chi connectivity index (χ0) is 15.7. The van der Waals surface area contributed by atoms with Crippen LogP contribution in [0.4, 0.5) is 0 Å². The highest BCUT2D eigenvalue weighted by atomic mass is 16.5. The smallest absolute Gasteiger partial charge is 0.254 e. The van der Waals surface area contributed by atoms with E-state index < -0.39 is 12.1 Å². The van der Waals surface area contributed by atoms with Crippen LogP contribution < -0.4 is 5.32 Å².